The molecule has 0 radical (unpaired) electrons. The number of aliphatic hydroxyl groups excluding tert-OH is 1. The minimum atomic E-state index is -0.562. The van der Waals surface area contributed by atoms with E-state index in [4.69, 9.17) is 9.84 Å². The SMILES string of the molecule is C[C@H]1C(=O)N(CCCO)CCN1C(=O)OC(C)(C)C. The first-order valence-electron chi connectivity index (χ1n) is 6.65. The zero-order chi connectivity index (χ0) is 14.6. The van der Waals surface area contributed by atoms with Crippen molar-refractivity contribution in [1.82, 2.24) is 9.80 Å². The lowest BCUT2D eigenvalue weighted by Crippen LogP contribution is -2.58. The highest BCUT2D eigenvalue weighted by atomic mass is 16.6. The van der Waals surface area contributed by atoms with Crippen molar-refractivity contribution in [2.75, 3.05) is 26.2 Å². The third-order valence-corrected chi connectivity index (χ3v) is 2.96. The number of carbonyl (C=O) groups is 2. The topological polar surface area (TPSA) is 70.1 Å². The Morgan fingerprint density at radius 1 is 1.42 bits per heavy atom. The molecule has 1 N–H and O–H groups in total. The summed E-state index contributed by atoms with van der Waals surface area (Å²) in [6.45, 7) is 8.65. The first-order chi connectivity index (χ1) is 8.76. The van der Waals surface area contributed by atoms with Crippen molar-refractivity contribution in [1.29, 1.82) is 0 Å². The van der Waals surface area contributed by atoms with Gasteiger partial charge in [0.15, 0.2) is 0 Å². The number of aliphatic hydroxyl groups is 1. The molecule has 0 aromatic rings. The highest BCUT2D eigenvalue weighted by Gasteiger charge is 2.36. The fourth-order valence-corrected chi connectivity index (χ4v) is 1.98. The Balaban J connectivity index is 2.61. The zero-order valence-corrected chi connectivity index (χ0v) is 12.2. The average Bonchev–Trinajstić information content (AvgIpc) is 2.28. The molecule has 110 valence electrons. The quantitative estimate of drug-likeness (QED) is 0.826. The van der Waals surface area contributed by atoms with Crippen molar-refractivity contribution in [2.24, 2.45) is 0 Å². The molecule has 0 saturated carbocycles. The summed E-state index contributed by atoms with van der Waals surface area (Å²) >= 11 is 0. The molecule has 0 bridgehead atoms. The van der Waals surface area contributed by atoms with Crippen LogP contribution in [0.3, 0.4) is 0 Å². The van der Waals surface area contributed by atoms with Crippen molar-refractivity contribution >= 4 is 12.0 Å². The summed E-state index contributed by atoms with van der Waals surface area (Å²) in [4.78, 5) is 27.2. The Morgan fingerprint density at radius 3 is 2.58 bits per heavy atom. The summed E-state index contributed by atoms with van der Waals surface area (Å²) in [7, 11) is 0. The number of hydrogen-bond donors (Lipinski definition) is 1. The molecule has 6 nitrogen and oxygen atoms in total. The van der Waals surface area contributed by atoms with Crippen LogP contribution < -0.4 is 0 Å². The van der Waals surface area contributed by atoms with E-state index in [0.717, 1.165) is 0 Å². The molecule has 1 heterocycles. The summed E-state index contributed by atoms with van der Waals surface area (Å²) in [6.07, 6.45) is 0.111. The molecule has 0 aliphatic carbocycles. The van der Waals surface area contributed by atoms with Crippen LogP contribution in [0.2, 0.25) is 0 Å². The van der Waals surface area contributed by atoms with Crippen LogP contribution in [-0.2, 0) is 9.53 Å². The van der Waals surface area contributed by atoms with Gasteiger partial charge in [-0.1, -0.05) is 0 Å². The largest absolute Gasteiger partial charge is 0.444 e. The van der Waals surface area contributed by atoms with Crippen LogP contribution in [-0.4, -0.2) is 64.8 Å². The number of nitrogens with zero attached hydrogens (tertiary/aromatic N) is 2. The van der Waals surface area contributed by atoms with Gasteiger partial charge in [-0.15, -0.1) is 0 Å². The van der Waals surface area contributed by atoms with Gasteiger partial charge in [-0.3, -0.25) is 9.69 Å². The minimum Gasteiger partial charge on any atom is -0.444 e. The van der Waals surface area contributed by atoms with Gasteiger partial charge in [0.2, 0.25) is 5.91 Å². The fraction of sp³-hybridized carbons (Fsp3) is 0.846. The van der Waals surface area contributed by atoms with Crippen LogP contribution in [0, 0.1) is 0 Å². The number of hydrogen-bond acceptors (Lipinski definition) is 4. The smallest absolute Gasteiger partial charge is 0.411 e. The molecular weight excluding hydrogens is 248 g/mol. The molecule has 0 unspecified atom stereocenters. The lowest BCUT2D eigenvalue weighted by atomic mass is 10.1. The maximum Gasteiger partial charge on any atom is 0.411 e. The third-order valence-electron chi connectivity index (χ3n) is 2.96. The number of ether oxygens (including phenoxy) is 1. The van der Waals surface area contributed by atoms with Gasteiger partial charge in [0, 0.05) is 26.2 Å². The molecule has 0 spiro atoms. The van der Waals surface area contributed by atoms with Crippen LogP contribution in [0.4, 0.5) is 4.79 Å². The van der Waals surface area contributed by atoms with Gasteiger partial charge in [0.1, 0.15) is 11.6 Å². The van der Waals surface area contributed by atoms with Crippen LogP contribution >= 0.6 is 0 Å². The van der Waals surface area contributed by atoms with E-state index in [9.17, 15) is 9.59 Å². The fourth-order valence-electron chi connectivity index (χ4n) is 1.98. The zero-order valence-electron chi connectivity index (χ0n) is 12.2. The van der Waals surface area contributed by atoms with Crippen molar-refractivity contribution in [3.63, 3.8) is 0 Å². The van der Waals surface area contributed by atoms with Crippen LogP contribution in [0.25, 0.3) is 0 Å². The second kappa shape index (κ2) is 6.23. The van der Waals surface area contributed by atoms with Crippen LogP contribution in [0.1, 0.15) is 34.1 Å². The van der Waals surface area contributed by atoms with E-state index < -0.39 is 17.7 Å². The first kappa shape index (κ1) is 15.8. The molecule has 19 heavy (non-hydrogen) atoms. The van der Waals surface area contributed by atoms with E-state index >= 15 is 0 Å². The number of carbonyl (C=O) groups excluding carboxylic acids is 2. The van der Waals surface area contributed by atoms with E-state index in [-0.39, 0.29) is 12.5 Å². The minimum absolute atomic E-state index is 0.0634. The Hall–Kier alpha value is -1.30. The number of amides is 2. The standard InChI is InChI=1S/C13H24N2O4/c1-10-11(17)14(6-5-9-16)7-8-15(10)12(18)19-13(2,3)4/h10,16H,5-9H2,1-4H3/t10-/m0/s1. The molecule has 1 fully saturated rings. The maximum absolute atomic E-state index is 12.1. The Kier molecular flexibility index (Phi) is 5.17. The van der Waals surface area contributed by atoms with Gasteiger partial charge < -0.3 is 14.7 Å². The highest BCUT2D eigenvalue weighted by Crippen LogP contribution is 2.16. The summed E-state index contributed by atoms with van der Waals surface area (Å²) in [5.41, 5.74) is -0.562. The van der Waals surface area contributed by atoms with E-state index in [0.29, 0.717) is 26.1 Å². The van der Waals surface area contributed by atoms with Gasteiger partial charge in [-0.05, 0) is 34.1 Å². The molecule has 0 aromatic heterocycles. The summed E-state index contributed by atoms with van der Waals surface area (Å²) in [5.74, 6) is -0.0921. The Morgan fingerprint density at radius 2 is 2.05 bits per heavy atom. The lowest BCUT2D eigenvalue weighted by molar-refractivity contribution is -0.140. The molecule has 1 aliphatic rings. The Labute approximate surface area is 114 Å². The molecule has 6 heteroatoms. The monoisotopic (exact) mass is 272 g/mol. The van der Waals surface area contributed by atoms with Crippen molar-refractivity contribution in [3.05, 3.63) is 0 Å². The highest BCUT2D eigenvalue weighted by molar-refractivity contribution is 5.86. The van der Waals surface area contributed by atoms with Crippen molar-refractivity contribution in [2.45, 2.75) is 45.8 Å². The molecule has 1 aliphatic heterocycles. The molecule has 2 amide bonds. The lowest BCUT2D eigenvalue weighted by Gasteiger charge is -2.39. The van der Waals surface area contributed by atoms with Crippen LogP contribution in [0.5, 0.6) is 0 Å². The average molecular weight is 272 g/mol. The molecule has 0 aromatic carbocycles. The molecular formula is C13H24N2O4. The first-order valence-corrected chi connectivity index (χ1v) is 6.65. The predicted octanol–water partition coefficient (Wildman–Crippen LogP) is 0.837. The second-order valence-corrected chi connectivity index (χ2v) is 5.75. The van der Waals surface area contributed by atoms with Gasteiger partial charge in [0.05, 0.1) is 0 Å². The predicted molar refractivity (Wildman–Crippen MR) is 70.7 cm³/mol. The van der Waals surface area contributed by atoms with E-state index in [1.54, 1.807) is 32.6 Å². The van der Waals surface area contributed by atoms with E-state index in [1.807, 2.05) is 0 Å². The van der Waals surface area contributed by atoms with E-state index in [2.05, 4.69) is 0 Å². The number of piperazine rings is 1. The summed E-state index contributed by atoms with van der Waals surface area (Å²) in [5, 5.41) is 8.79. The van der Waals surface area contributed by atoms with Gasteiger partial charge in [0.25, 0.3) is 0 Å². The molecule has 1 atom stereocenters. The van der Waals surface area contributed by atoms with Gasteiger partial charge >= 0.3 is 6.09 Å². The maximum atomic E-state index is 12.1. The van der Waals surface area contributed by atoms with E-state index in [1.165, 1.54) is 4.90 Å². The van der Waals surface area contributed by atoms with Crippen molar-refractivity contribution < 1.29 is 19.4 Å². The summed E-state index contributed by atoms with van der Waals surface area (Å²) in [6, 6.07) is -0.512. The van der Waals surface area contributed by atoms with Crippen molar-refractivity contribution in [3.8, 4) is 0 Å². The normalized spacial score (nSPS) is 20.7. The van der Waals surface area contributed by atoms with Gasteiger partial charge in [-0.25, -0.2) is 4.79 Å². The van der Waals surface area contributed by atoms with Crippen LogP contribution in [0.15, 0.2) is 0 Å². The Bertz CT molecular complexity index is 338. The number of rotatable bonds is 3. The molecule has 1 rings (SSSR count). The van der Waals surface area contributed by atoms with Gasteiger partial charge in [-0.2, -0.15) is 0 Å². The summed E-state index contributed by atoms with van der Waals surface area (Å²) < 4.78 is 5.29. The second-order valence-electron chi connectivity index (χ2n) is 5.75. The third kappa shape index (κ3) is 4.38. The molecule has 1 saturated heterocycles.